The lowest BCUT2D eigenvalue weighted by Gasteiger charge is -2.19. The van der Waals surface area contributed by atoms with Crippen LogP contribution in [0.1, 0.15) is 59.9 Å². The van der Waals surface area contributed by atoms with Gasteiger partial charge in [0.05, 0.1) is 31.5 Å². The molecule has 0 aromatic heterocycles. The summed E-state index contributed by atoms with van der Waals surface area (Å²) in [6.07, 6.45) is 1.36. The van der Waals surface area contributed by atoms with E-state index in [4.69, 9.17) is 19.3 Å². The van der Waals surface area contributed by atoms with Crippen molar-refractivity contribution in [1.29, 1.82) is 0 Å². The number of phenolic OH excluding ortho intramolecular Hbond substituents is 1. The number of hydrogen-bond acceptors (Lipinski definition) is 6. The molecule has 168 valence electrons. The average Bonchev–Trinajstić information content (AvgIpc) is 2.72. The number of methoxy groups -OCH3 is 1. The number of phenols is 1. The third kappa shape index (κ3) is 6.13. The Kier molecular flexibility index (Phi) is 7.91. The van der Waals surface area contributed by atoms with Gasteiger partial charge in [0.2, 0.25) is 0 Å². The van der Waals surface area contributed by atoms with Crippen molar-refractivity contribution in [2.75, 3.05) is 20.3 Å². The van der Waals surface area contributed by atoms with E-state index in [9.17, 15) is 14.7 Å². The van der Waals surface area contributed by atoms with Crippen LogP contribution in [-0.2, 0) is 0 Å². The molecule has 0 radical (unpaired) electrons. The topological polar surface area (TPSA) is 102 Å². The van der Waals surface area contributed by atoms with E-state index in [-0.39, 0.29) is 17.1 Å². The van der Waals surface area contributed by atoms with Gasteiger partial charge in [-0.1, -0.05) is 20.8 Å². The normalized spacial score (nSPS) is 11.1. The molecule has 0 aliphatic carbocycles. The zero-order valence-corrected chi connectivity index (χ0v) is 18.7. The second kappa shape index (κ2) is 10.2. The molecule has 2 aromatic carbocycles. The first-order chi connectivity index (χ1) is 14.6. The lowest BCUT2D eigenvalue weighted by Crippen LogP contribution is -2.20. The summed E-state index contributed by atoms with van der Waals surface area (Å²) in [6.45, 7) is 7.92. The van der Waals surface area contributed by atoms with Gasteiger partial charge in [0.25, 0.3) is 0 Å². The molecule has 2 aromatic rings. The Morgan fingerprint density at radius 2 is 1.52 bits per heavy atom. The van der Waals surface area contributed by atoms with Gasteiger partial charge in [-0.3, -0.25) is 4.79 Å². The number of aromatic hydroxyl groups is 1. The minimum absolute atomic E-state index is 0.0498. The number of aromatic carboxylic acids is 1. The molecule has 0 amide bonds. The van der Waals surface area contributed by atoms with E-state index in [1.807, 2.05) is 20.8 Å². The molecule has 2 N–H and O–H groups in total. The van der Waals surface area contributed by atoms with Gasteiger partial charge in [0.1, 0.15) is 11.5 Å². The Labute approximate surface area is 182 Å². The number of carbonyl (C=O) groups excluding carboxylic acids is 1. The molecule has 2 rings (SSSR count). The fourth-order valence-corrected chi connectivity index (χ4v) is 2.92. The molecule has 0 bridgehead atoms. The highest BCUT2D eigenvalue weighted by Gasteiger charge is 2.26. The van der Waals surface area contributed by atoms with Crippen LogP contribution in [0.15, 0.2) is 30.3 Å². The summed E-state index contributed by atoms with van der Waals surface area (Å²) in [6, 6.07) is 7.75. The average molecular weight is 430 g/mol. The number of benzene rings is 2. The number of rotatable bonds is 10. The first kappa shape index (κ1) is 24.1. The van der Waals surface area contributed by atoms with Gasteiger partial charge in [0, 0.05) is 11.0 Å². The third-order valence-electron chi connectivity index (χ3n) is 4.77. The van der Waals surface area contributed by atoms with E-state index in [2.05, 4.69) is 0 Å². The number of ether oxygens (including phenoxy) is 3. The van der Waals surface area contributed by atoms with E-state index in [1.165, 1.54) is 19.2 Å². The number of unbranched alkanes of at least 4 members (excludes halogenated alkanes) is 1. The molecule has 0 unspecified atom stereocenters. The van der Waals surface area contributed by atoms with Crippen molar-refractivity contribution in [1.82, 2.24) is 0 Å². The van der Waals surface area contributed by atoms with Gasteiger partial charge in [0.15, 0.2) is 17.3 Å². The fraction of sp³-hybridized carbons (Fsp3) is 0.417. The van der Waals surface area contributed by atoms with Crippen molar-refractivity contribution in [2.24, 2.45) is 5.41 Å². The number of ketones is 1. The van der Waals surface area contributed by atoms with Crippen LogP contribution < -0.4 is 14.2 Å². The van der Waals surface area contributed by atoms with Crippen molar-refractivity contribution in [2.45, 2.75) is 40.5 Å². The predicted octanol–water partition coefficient (Wildman–Crippen LogP) is 4.87. The van der Waals surface area contributed by atoms with Crippen LogP contribution in [0.5, 0.6) is 23.0 Å². The molecular weight excluding hydrogens is 400 g/mol. The van der Waals surface area contributed by atoms with E-state index in [1.54, 1.807) is 25.1 Å². The van der Waals surface area contributed by atoms with E-state index < -0.39 is 11.4 Å². The quantitative estimate of drug-likeness (QED) is 0.409. The number of carboxylic acid groups (broad SMARTS) is 1. The summed E-state index contributed by atoms with van der Waals surface area (Å²) in [7, 11) is 1.49. The highest BCUT2D eigenvalue weighted by Crippen LogP contribution is 2.34. The fourth-order valence-electron chi connectivity index (χ4n) is 2.92. The van der Waals surface area contributed by atoms with Crippen LogP contribution in [0.3, 0.4) is 0 Å². The largest absolute Gasteiger partial charge is 0.507 e. The van der Waals surface area contributed by atoms with Gasteiger partial charge in [-0.2, -0.15) is 0 Å². The standard InChI is InChI=1S/C24H30O7/c1-15-18(11-9-17(21(15)25)22(26)24(2,3)4)30-12-6-7-13-31-20-14-16(23(27)28)8-10-19(20)29-5/h8-11,14,25H,6-7,12-13H2,1-5H3,(H,27,28). The van der Waals surface area contributed by atoms with Gasteiger partial charge in [-0.15, -0.1) is 0 Å². The molecule has 31 heavy (non-hydrogen) atoms. The van der Waals surface area contributed by atoms with Crippen LogP contribution in [-0.4, -0.2) is 42.3 Å². The number of carboxylic acids is 1. The van der Waals surface area contributed by atoms with E-state index in [0.29, 0.717) is 54.4 Å². The first-order valence-corrected chi connectivity index (χ1v) is 10.1. The van der Waals surface area contributed by atoms with Crippen molar-refractivity contribution >= 4 is 11.8 Å². The van der Waals surface area contributed by atoms with Crippen LogP contribution in [0.4, 0.5) is 0 Å². The molecule has 0 atom stereocenters. The summed E-state index contributed by atoms with van der Waals surface area (Å²) >= 11 is 0. The van der Waals surface area contributed by atoms with Crippen LogP contribution in [0.25, 0.3) is 0 Å². The Hall–Kier alpha value is -3.22. The Morgan fingerprint density at radius 1 is 0.935 bits per heavy atom. The number of hydrogen-bond donors (Lipinski definition) is 2. The Balaban J connectivity index is 1.87. The maximum absolute atomic E-state index is 12.4. The minimum atomic E-state index is -1.03. The summed E-state index contributed by atoms with van der Waals surface area (Å²) in [4.78, 5) is 23.6. The van der Waals surface area contributed by atoms with Gasteiger partial charge < -0.3 is 24.4 Å². The lowest BCUT2D eigenvalue weighted by molar-refractivity contribution is 0.0696. The highest BCUT2D eigenvalue weighted by atomic mass is 16.5. The molecule has 0 spiro atoms. The molecule has 0 heterocycles. The second-order valence-electron chi connectivity index (χ2n) is 8.24. The summed E-state index contributed by atoms with van der Waals surface area (Å²) in [5.74, 6) is 0.167. The molecule has 0 saturated heterocycles. The molecular formula is C24H30O7. The van der Waals surface area contributed by atoms with Crippen molar-refractivity contribution in [3.05, 3.63) is 47.0 Å². The molecule has 7 heteroatoms. The van der Waals surface area contributed by atoms with Crippen LogP contribution >= 0.6 is 0 Å². The minimum Gasteiger partial charge on any atom is -0.507 e. The molecule has 0 aliphatic rings. The third-order valence-corrected chi connectivity index (χ3v) is 4.77. The summed E-state index contributed by atoms with van der Waals surface area (Å²) in [5.41, 5.74) is 0.367. The van der Waals surface area contributed by atoms with Crippen molar-refractivity contribution in [3.8, 4) is 23.0 Å². The zero-order chi connectivity index (χ0) is 23.2. The zero-order valence-electron chi connectivity index (χ0n) is 18.7. The predicted molar refractivity (Wildman–Crippen MR) is 117 cm³/mol. The molecule has 0 aliphatic heterocycles. The Morgan fingerprint density at radius 3 is 2.06 bits per heavy atom. The maximum atomic E-state index is 12.4. The van der Waals surface area contributed by atoms with Crippen LogP contribution in [0.2, 0.25) is 0 Å². The monoisotopic (exact) mass is 430 g/mol. The SMILES string of the molecule is COc1ccc(C(=O)O)cc1OCCCCOc1ccc(C(=O)C(C)(C)C)c(O)c1C. The summed E-state index contributed by atoms with van der Waals surface area (Å²) < 4.78 is 16.6. The van der Waals surface area contributed by atoms with E-state index >= 15 is 0 Å². The second-order valence-corrected chi connectivity index (χ2v) is 8.24. The lowest BCUT2D eigenvalue weighted by atomic mass is 9.85. The Bertz CT molecular complexity index is 942. The van der Waals surface area contributed by atoms with Gasteiger partial charge in [-0.25, -0.2) is 4.79 Å². The van der Waals surface area contributed by atoms with Gasteiger partial charge >= 0.3 is 5.97 Å². The molecule has 0 fully saturated rings. The van der Waals surface area contributed by atoms with Gasteiger partial charge in [-0.05, 0) is 50.1 Å². The summed E-state index contributed by atoms with van der Waals surface area (Å²) in [5, 5.41) is 19.5. The van der Waals surface area contributed by atoms with Crippen molar-refractivity contribution < 1.29 is 34.0 Å². The smallest absolute Gasteiger partial charge is 0.335 e. The first-order valence-electron chi connectivity index (χ1n) is 10.1. The molecule has 7 nitrogen and oxygen atoms in total. The van der Waals surface area contributed by atoms with Crippen molar-refractivity contribution in [3.63, 3.8) is 0 Å². The van der Waals surface area contributed by atoms with E-state index in [0.717, 1.165) is 0 Å². The molecule has 0 saturated carbocycles. The maximum Gasteiger partial charge on any atom is 0.335 e. The van der Waals surface area contributed by atoms with Crippen LogP contribution in [0, 0.1) is 12.3 Å². The highest BCUT2D eigenvalue weighted by molar-refractivity contribution is 6.02. The number of carbonyl (C=O) groups is 2. The number of Topliss-reactive ketones (excluding diaryl/α,β-unsaturated/α-hetero) is 1.